The van der Waals surface area contributed by atoms with Crippen molar-refractivity contribution in [3.63, 3.8) is 0 Å². The molecule has 0 aromatic heterocycles. The third-order valence-electron chi connectivity index (χ3n) is 1.10. The van der Waals surface area contributed by atoms with Gasteiger partial charge in [0.15, 0.2) is 0 Å². The van der Waals surface area contributed by atoms with Crippen molar-refractivity contribution in [1.82, 2.24) is 0 Å². The zero-order chi connectivity index (χ0) is 8.27. The molecule has 0 aliphatic carbocycles. The van der Waals surface area contributed by atoms with Gasteiger partial charge < -0.3 is 5.32 Å². The van der Waals surface area contributed by atoms with Crippen LogP contribution in [0.4, 0.5) is 5.69 Å². The van der Waals surface area contributed by atoms with Crippen molar-refractivity contribution in [1.29, 1.82) is 0 Å². The Morgan fingerprint density at radius 2 is 1.91 bits per heavy atom. The Balaban J connectivity index is 2.74. The summed E-state index contributed by atoms with van der Waals surface area (Å²) in [6, 6.07) is 7.72. The zero-order valence-electron chi connectivity index (χ0n) is 5.54. The molecular formula is C7H6BrNS2. The lowest BCUT2D eigenvalue weighted by Gasteiger charge is -2.01. The standard InChI is InChI=1S/C7H6BrNS2/c8-5-1-3-6(4-2-5)9-7(10)11/h1-4H,(H2,9,10,11). The van der Waals surface area contributed by atoms with Gasteiger partial charge in [0.1, 0.15) is 4.32 Å². The Bertz CT molecular complexity index is 258. The van der Waals surface area contributed by atoms with E-state index in [4.69, 9.17) is 12.2 Å². The van der Waals surface area contributed by atoms with Gasteiger partial charge >= 0.3 is 0 Å². The van der Waals surface area contributed by atoms with E-state index in [1.54, 1.807) is 0 Å². The van der Waals surface area contributed by atoms with Crippen molar-refractivity contribution in [2.24, 2.45) is 0 Å². The maximum Gasteiger partial charge on any atom is 0.135 e. The molecule has 0 aliphatic heterocycles. The molecule has 11 heavy (non-hydrogen) atoms. The van der Waals surface area contributed by atoms with Gasteiger partial charge in [0.05, 0.1) is 0 Å². The third kappa shape index (κ3) is 3.22. The second kappa shape index (κ2) is 4.09. The number of thiol groups is 1. The van der Waals surface area contributed by atoms with Crippen molar-refractivity contribution in [3.05, 3.63) is 28.7 Å². The first-order chi connectivity index (χ1) is 5.18. The fourth-order valence-electron chi connectivity index (χ4n) is 0.657. The summed E-state index contributed by atoms with van der Waals surface area (Å²) in [5.74, 6) is 0. The number of rotatable bonds is 1. The molecule has 58 valence electrons. The van der Waals surface area contributed by atoms with Crippen LogP contribution in [-0.2, 0) is 0 Å². The largest absolute Gasteiger partial charge is 0.341 e. The van der Waals surface area contributed by atoms with Crippen LogP contribution < -0.4 is 5.32 Å². The van der Waals surface area contributed by atoms with E-state index in [9.17, 15) is 0 Å². The summed E-state index contributed by atoms with van der Waals surface area (Å²) in [5.41, 5.74) is 0.952. The number of anilines is 1. The number of thiocarbonyl (C=S) groups is 1. The van der Waals surface area contributed by atoms with Crippen LogP contribution >= 0.6 is 40.8 Å². The second-order valence-electron chi connectivity index (χ2n) is 1.94. The quantitative estimate of drug-likeness (QED) is 0.585. The van der Waals surface area contributed by atoms with E-state index in [0.717, 1.165) is 10.2 Å². The lowest BCUT2D eigenvalue weighted by molar-refractivity contribution is 1.62. The van der Waals surface area contributed by atoms with Crippen LogP contribution in [0.25, 0.3) is 0 Å². The molecule has 0 aliphatic rings. The first kappa shape index (κ1) is 9.03. The Labute approximate surface area is 84.7 Å². The minimum absolute atomic E-state index is 0.479. The maximum atomic E-state index is 4.75. The summed E-state index contributed by atoms with van der Waals surface area (Å²) < 4.78 is 1.53. The third-order valence-corrected chi connectivity index (χ3v) is 1.84. The van der Waals surface area contributed by atoms with Gasteiger partial charge in [-0.1, -0.05) is 28.1 Å². The Morgan fingerprint density at radius 1 is 1.36 bits per heavy atom. The molecule has 0 amide bonds. The normalized spacial score (nSPS) is 9.27. The summed E-state index contributed by atoms with van der Waals surface area (Å²) in [6.45, 7) is 0. The van der Waals surface area contributed by atoms with Gasteiger partial charge in [-0.15, -0.1) is 12.6 Å². The highest BCUT2D eigenvalue weighted by atomic mass is 79.9. The molecule has 1 nitrogen and oxygen atoms in total. The molecule has 1 aromatic carbocycles. The van der Waals surface area contributed by atoms with Crippen LogP contribution in [0.2, 0.25) is 0 Å². The Morgan fingerprint density at radius 3 is 2.36 bits per heavy atom. The molecule has 4 heteroatoms. The van der Waals surface area contributed by atoms with E-state index in [2.05, 4.69) is 33.9 Å². The molecule has 1 rings (SSSR count). The van der Waals surface area contributed by atoms with Gasteiger partial charge in [0.2, 0.25) is 0 Å². The minimum Gasteiger partial charge on any atom is -0.341 e. The maximum absolute atomic E-state index is 4.75. The lowest BCUT2D eigenvalue weighted by atomic mass is 10.3. The van der Waals surface area contributed by atoms with Crippen molar-refractivity contribution in [2.45, 2.75) is 0 Å². The summed E-state index contributed by atoms with van der Waals surface area (Å²) in [7, 11) is 0. The highest BCUT2D eigenvalue weighted by Gasteiger charge is 1.91. The fraction of sp³-hybridized carbons (Fsp3) is 0. The van der Waals surface area contributed by atoms with Crippen LogP contribution in [0, 0.1) is 0 Å². The predicted molar refractivity (Wildman–Crippen MR) is 59.3 cm³/mol. The van der Waals surface area contributed by atoms with Crippen LogP contribution in [0.1, 0.15) is 0 Å². The highest BCUT2D eigenvalue weighted by Crippen LogP contribution is 2.14. The molecule has 1 N–H and O–H groups in total. The number of hydrogen-bond donors (Lipinski definition) is 2. The Kier molecular flexibility index (Phi) is 3.36. The smallest absolute Gasteiger partial charge is 0.135 e. The monoisotopic (exact) mass is 247 g/mol. The summed E-state index contributed by atoms with van der Waals surface area (Å²) in [5, 5.41) is 2.91. The van der Waals surface area contributed by atoms with Crippen LogP contribution in [0.3, 0.4) is 0 Å². The van der Waals surface area contributed by atoms with Crippen molar-refractivity contribution >= 4 is 50.8 Å². The first-order valence-electron chi connectivity index (χ1n) is 2.94. The van der Waals surface area contributed by atoms with Gasteiger partial charge in [-0.05, 0) is 24.3 Å². The zero-order valence-corrected chi connectivity index (χ0v) is 8.84. The summed E-state index contributed by atoms with van der Waals surface area (Å²) in [6.07, 6.45) is 0. The molecule has 0 heterocycles. The second-order valence-corrected chi connectivity index (χ2v) is 4.01. The molecule has 0 spiro atoms. The van der Waals surface area contributed by atoms with Crippen molar-refractivity contribution in [2.75, 3.05) is 5.32 Å². The van der Waals surface area contributed by atoms with Crippen molar-refractivity contribution in [3.8, 4) is 0 Å². The van der Waals surface area contributed by atoms with E-state index < -0.39 is 0 Å². The number of hydrogen-bond acceptors (Lipinski definition) is 1. The molecule has 0 fully saturated rings. The number of benzene rings is 1. The number of halogens is 1. The van der Waals surface area contributed by atoms with E-state index in [1.807, 2.05) is 24.3 Å². The lowest BCUT2D eigenvalue weighted by Crippen LogP contribution is -1.99. The van der Waals surface area contributed by atoms with E-state index >= 15 is 0 Å². The summed E-state index contributed by atoms with van der Waals surface area (Å²) in [4.78, 5) is 0. The minimum atomic E-state index is 0.479. The summed E-state index contributed by atoms with van der Waals surface area (Å²) >= 11 is 12.0. The molecule has 0 saturated carbocycles. The van der Waals surface area contributed by atoms with Crippen LogP contribution in [0.15, 0.2) is 28.7 Å². The molecule has 0 atom stereocenters. The molecule has 0 radical (unpaired) electrons. The SMILES string of the molecule is S=C(S)Nc1ccc(Br)cc1. The van der Waals surface area contributed by atoms with Crippen LogP contribution in [0.5, 0.6) is 0 Å². The topological polar surface area (TPSA) is 12.0 Å². The van der Waals surface area contributed by atoms with E-state index in [-0.39, 0.29) is 0 Å². The first-order valence-corrected chi connectivity index (χ1v) is 4.59. The molecule has 0 unspecified atom stereocenters. The highest BCUT2D eigenvalue weighted by molar-refractivity contribution is 9.10. The molecular weight excluding hydrogens is 242 g/mol. The van der Waals surface area contributed by atoms with Gasteiger partial charge in [-0.3, -0.25) is 0 Å². The van der Waals surface area contributed by atoms with Gasteiger partial charge in [0.25, 0.3) is 0 Å². The Hall–Kier alpha value is -0.0600. The average molecular weight is 248 g/mol. The number of nitrogens with one attached hydrogen (secondary N) is 1. The van der Waals surface area contributed by atoms with Gasteiger partial charge in [-0.2, -0.15) is 0 Å². The predicted octanol–water partition coefficient (Wildman–Crippen LogP) is 3.08. The van der Waals surface area contributed by atoms with E-state index in [1.165, 1.54) is 0 Å². The van der Waals surface area contributed by atoms with E-state index in [0.29, 0.717) is 4.32 Å². The molecule has 1 aromatic rings. The fourth-order valence-corrected chi connectivity index (χ4v) is 1.17. The van der Waals surface area contributed by atoms with Gasteiger partial charge in [-0.25, -0.2) is 0 Å². The molecule has 0 saturated heterocycles. The molecule has 0 bridgehead atoms. The van der Waals surface area contributed by atoms with Crippen molar-refractivity contribution < 1.29 is 0 Å². The van der Waals surface area contributed by atoms with Gasteiger partial charge in [0, 0.05) is 10.2 Å². The average Bonchev–Trinajstić information content (AvgIpc) is 1.93. The van der Waals surface area contributed by atoms with Crippen LogP contribution in [-0.4, -0.2) is 4.32 Å².